The molecule has 0 radical (unpaired) electrons. The zero-order chi connectivity index (χ0) is 9.94. The second-order valence-corrected chi connectivity index (χ2v) is 5.10. The summed E-state index contributed by atoms with van der Waals surface area (Å²) >= 11 is 0. The fourth-order valence-corrected chi connectivity index (χ4v) is 2.46. The predicted molar refractivity (Wildman–Crippen MR) is 60.3 cm³/mol. The maximum Gasteiger partial charge on any atom is 0.0234 e. The average molecular weight is 205 g/mol. The SMILES string of the molecule is CCCCCS(=O)CCCCCN. The van der Waals surface area contributed by atoms with Gasteiger partial charge in [0.25, 0.3) is 0 Å². The first-order chi connectivity index (χ1) is 6.31. The van der Waals surface area contributed by atoms with Crippen LogP contribution >= 0.6 is 0 Å². The van der Waals surface area contributed by atoms with Crippen LogP contribution in [0.25, 0.3) is 0 Å². The highest BCUT2D eigenvalue weighted by molar-refractivity contribution is 7.84. The summed E-state index contributed by atoms with van der Waals surface area (Å²) in [5.41, 5.74) is 5.37. The van der Waals surface area contributed by atoms with E-state index in [1.165, 1.54) is 12.8 Å². The van der Waals surface area contributed by atoms with E-state index in [0.29, 0.717) is 0 Å². The van der Waals surface area contributed by atoms with Crippen molar-refractivity contribution < 1.29 is 4.21 Å². The zero-order valence-electron chi connectivity index (χ0n) is 8.76. The first-order valence-electron chi connectivity index (χ1n) is 5.36. The molecule has 3 heteroatoms. The molecule has 0 bridgehead atoms. The molecule has 0 aliphatic rings. The molecule has 80 valence electrons. The third-order valence-electron chi connectivity index (χ3n) is 2.05. The van der Waals surface area contributed by atoms with Gasteiger partial charge < -0.3 is 5.73 Å². The summed E-state index contributed by atoms with van der Waals surface area (Å²) in [5.74, 6) is 1.78. The highest BCUT2D eigenvalue weighted by Gasteiger charge is 1.98. The highest BCUT2D eigenvalue weighted by atomic mass is 32.2. The first kappa shape index (κ1) is 13.1. The first-order valence-corrected chi connectivity index (χ1v) is 6.85. The van der Waals surface area contributed by atoms with Crippen LogP contribution in [0, 0.1) is 0 Å². The molecule has 0 aromatic carbocycles. The van der Waals surface area contributed by atoms with Crippen LogP contribution in [0.2, 0.25) is 0 Å². The van der Waals surface area contributed by atoms with Crippen molar-refractivity contribution in [2.24, 2.45) is 5.73 Å². The Kier molecular flexibility index (Phi) is 10.3. The maximum atomic E-state index is 11.4. The number of unbranched alkanes of at least 4 members (excludes halogenated alkanes) is 4. The minimum atomic E-state index is -0.566. The third-order valence-corrected chi connectivity index (χ3v) is 3.54. The Bertz CT molecular complexity index is 128. The van der Waals surface area contributed by atoms with E-state index in [2.05, 4.69) is 6.92 Å². The molecule has 0 saturated heterocycles. The monoisotopic (exact) mass is 205 g/mol. The topological polar surface area (TPSA) is 43.1 Å². The minimum absolute atomic E-state index is 0.566. The number of hydrogen-bond donors (Lipinski definition) is 1. The molecule has 1 atom stereocenters. The lowest BCUT2D eigenvalue weighted by Gasteiger charge is -2.01. The molecule has 2 nitrogen and oxygen atoms in total. The van der Waals surface area contributed by atoms with E-state index in [9.17, 15) is 4.21 Å². The molecule has 0 aliphatic carbocycles. The van der Waals surface area contributed by atoms with Crippen molar-refractivity contribution >= 4 is 10.8 Å². The lowest BCUT2D eigenvalue weighted by Crippen LogP contribution is -2.04. The van der Waals surface area contributed by atoms with E-state index >= 15 is 0 Å². The maximum absolute atomic E-state index is 11.4. The van der Waals surface area contributed by atoms with E-state index in [-0.39, 0.29) is 0 Å². The van der Waals surface area contributed by atoms with Gasteiger partial charge in [-0.05, 0) is 25.8 Å². The Hall–Kier alpha value is 0.110. The average Bonchev–Trinajstić information content (AvgIpc) is 2.13. The molecule has 0 rings (SSSR count). The van der Waals surface area contributed by atoms with Gasteiger partial charge >= 0.3 is 0 Å². The lowest BCUT2D eigenvalue weighted by atomic mass is 10.2. The molecule has 0 heterocycles. The largest absolute Gasteiger partial charge is 0.330 e. The number of hydrogen-bond acceptors (Lipinski definition) is 2. The third kappa shape index (κ3) is 10.0. The molecular weight excluding hydrogens is 182 g/mol. The highest BCUT2D eigenvalue weighted by Crippen LogP contribution is 2.00. The van der Waals surface area contributed by atoms with Gasteiger partial charge in [0.15, 0.2) is 0 Å². The fourth-order valence-electron chi connectivity index (χ4n) is 1.20. The van der Waals surface area contributed by atoms with Crippen molar-refractivity contribution in [3.05, 3.63) is 0 Å². The molecular formula is C10H23NOS. The van der Waals surface area contributed by atoms with E-state index in [4.69, 9.17) is 5.73 Å². The zero-order valence-corrected chi connectivity index (χ0v) is 9.57. The van der Waals surface area contributed by atoms with Gasteiger partial charge in [-0.3, -0.25) is 4.21 Å². The minimum Gasteiger partial charge on any atom is -0.330 e. The summed E-state index contributed by atoms with van der Waals surface area (Å²) in [7, 11) is -0.566. The van der Waals surface area contributed by atoms with Crippen molar-refractivity contribution in [3.63, 3.8) is 0 Å². The molecule has 13 heavy (non-hydrogen) atoms. The van der Waals surface area contributed by atoms with Crippen LogP contribution in [0.5, 0.6) is 0 Å². The molecule has 0 spiro atoms. The lowest BCUT2D eigenvalue weighted by molar-refractivity contribution is 0.666. The van der Waals surface area contributed by atoms with Gasteiger partial charge in [0.2, 0.25) is 0 Å². The molecule has 0 aromatic rings. The van der Waals surface area contributed by atoms with Crippen molar-refractivity contribution in [3.8, 4) is 0 Å². The van der Waals surface area contributed by atoms with Crippen molar-refractivity contribution in [1.29, 1.82) is 0 Å². The molecule has 0 saturated carbocycles. The smallest absolute Gasteiger partial charge is 0.0234 e. The van der Waals surface area contributed by atoms with Gasteiger partial charge in [0, 0.05) is 22.3 Å². The summed E-state index contributed by atoms with van der Waals surface area (Å²) in [6, 6.07) is 0. The van der Waals surface area contributed by atoms with Crippen molar-refractivity contribution in [1.82, 2.24) is 0 Å². The van der Waals surface area contributed by atoms with Gasteiger partial charge in [-0.25, -0.2) is 0 Å². The molecule has 0 fully saturated rings. The Morgan fingerprint density at radius 3 is 2.15 bits per heavy atom. The van der Waals surface area contributed by atoms with E-state index in [0.717, 1.165) is 43.7 Å². The Labute approximate surface area is 84.7 Å². The number of rotatable bonds is 9. The quantitative estimate of drug-likeness (QED) is 0.585. The second kappa shape index (κ2) is 10.2. The fraction of sp³-hybridized carbons (Fsp3) is 1.00. The Morgan fingerprint density at radius 1 is 1.00 bits per heavy atom. The summed E-state index contributed by atoms with van der Waals surface area (Å²) in [6.45, 7) is 2.94. The normalized spacial score (nSPS) is 13.1. The van der Waals surface area contributed by atoms with Gasteiger partial charge in [0.05, 0.1) is 0 Å². The molecule has 1 unspecified atom stereocenters. The summed E-state index contributed by atoms with van der Waals surface area (Å²) < 4.78 is 11.4. The molecule has 0 amide bonds. The van der Waals surface area contributed by atoms with Gasteiger partial charge in [-0.15, -0.1) is 0 Å². The van der Waals surface area contributed by atoms with E-state index < -0.39 is 10.8 Å². The standard InChI is InChI=1S/C10H23NOS/c1-2-3-6-9-13(12)10-7-4-5-8-11/h2-11H2,1H3. The predicted octanol–water partition coefficient (Wildman–Crippen LogP) is 2.05. The van der Waals surface area contributed by atoms with E-state index in [1.807, 2.05) is 0 Å². The van der Waals surface area contributed by atoms with Gasteiger partial charge in [-0.1, -0.05) is 26.2 Å². The molecule has 0 aromatic heterocycles. The summed E-state index contributed by atoms with van der Waals surface area (Å²) in [5, 5.41) is 0. The number of nitrogens with two attached hydrogens (primary N) is 1. The van der Waals surface area contributed by atoms with Gasteiger partial charge in [0.1, 0.15) is 0 Å². The van der Waals surface area contributed by atoms with Crippen LogP contribution in [-0.2, 0) is 10.8 Å². The van der Waals surface area contributed by atoms with Crippen molar-refractivity contribution in [2.75, 3.05) is 18.1 Å². The van der Waals surface area contributed by atoms with Crippen LogP contribution in [0.15, 0.2) is 0 Å². The van der Waals surface area contributed by atoms with Crippen LogP contribution in [0.3, 0.4) is 0 Å². The van der Waals surface area contributed by atoms with Crippen LogP contribution in [0.1, 0.15) is 45.4 Å². The summed E-state index contributed by atoms with van der Waals surface area (Å²) in [4.78, 5) is 0. The van der Waals surface area contributed by atoms with E-state index in [1.54, 1.807) is 0 Å². The Balaban J connectivity index is 3.11. The summed E-state index contributed by atoms with van der Waals surface area (Å²) in [6.07, 6.45) is 6.84. The molecule has 0 aliphatic heterocycles. The molecule has 2 N–H and O–H groups in total. The van der Waals surface area contributed by atoms with Crippen LogP contribution < -0.4 is 5.73 Å². The Morgan fingerprint density at radius 2 is 1.62 bits per heavy atom. The van der Waals surface area contributed by atoms with Crippen molar-refractivity contribution in [2.45, 2.75) is 45.4 Å². The van der Waals surface area contributed by atoms with Gasteiger partial charge in [-0.2, -0.15) is 0 Å². The second-order valence-electron chi connectivity index (χ2n) is 3.40. The van der Waals surface area contributed by atoms with Crippen LogP contribution in [0.4, 0.5) is 0 Å². The van der Waals surface area contributed by atoms with Crippen LogP contribution in [-0.4, -0.2) is 22.3 Å².